The van der Waals surface area contributed by atoms with Crippen LogP contribution >= 0.6 is 22.6 Å². The zero-order chi connectivity index (χ0) is 27.0. The van der Waals surface area contributed by atoms with Crippen LogP contribution in [0.1, 0.15) is 52.4 Å². The van der Waals surface area contributed by atoms with Gasteiger partial charge in [0, 0.05) is 6.42 Å². The van der Waals surface area contributed by atoms with Crippen molar-refractivity contribution in [3.05, 3.63) is 0 Å². The summed E-state index contributed by atoms with van der Waals surface area (Å²) in [6, 6.07) is 0. The summed E-state index contributed by atoms with van der Waals surface area (Å²) in [4.78, 5) is 12.7. The first-order chi connectivity index (χ1) is 15.6. The predicted octanol–water partition coefficient (Wildman–Crippen LogP) is 7.68. The summed E-state index contributed by atoms with van der Waals surface area (Å²) in [5, 5.41) is 0. The molecule has 35 heavy (non-hydrogen) atoms. The second-order valence-corrected chi connectivity index (χ2v) is 11.8. The summed E-state index contributed by atoms with van der Waals surface area (Å²) in [6.45, 7) is 3.50. The van der Waals surface area contributed by atoms with Crippen LogP contribution in [0, 0.1) is 29.6 Å². The molecule has 0 saturated heterocycles. The third-order valence-corrected chi connectivity index (χ3v) is 8.84. The Morgan fingerprint density at radius 1 is 0.800 bits per heavy atom. The third kappa shape index (κ3) is 4.32. The molecule has 14 heteroatoms. The van der Waals surface area contributed by atoms with E-state index < -0.39 is 51.8 Å². The molecule has 4 bridgehead atoms. The SMILES string of the molecule is CC(C)C1(OC(=O)C(I)CC(F)(F)C(F)(F)C(F)(F)C(F)(F)C(F)(F)F)C2CC3CC(C2)CC1C3. The van der Waals surface area contributed by atoms with Crippen molar-refractivity contribution in [2.75, 3.05) is 0 Å². The van der Waals surface area contributed by atoms with Crippen molar-refractivity contribution in [1.29, 1.82) is 0 Å². The van der Waals surface area contributed by atoms with Gasteiger partial charge in [0.25, 0.3) is 0 Å². The van der Waals surface area contributed by atoms with Crippen molar-refractivity contribution in [1.82, 2.24) is 0 Å². The van der Waals surface area contributed by atoms with Gasteiger partial charge in [0.2, 0.25) is 0 Å². The van der Waals surface area contributed by atoms with E-state index in [4.69, 9.17) is 4.74 Å². The molecular weight excluding hydrogens is 620 g/mol. The highest BCUT2D eigenvalue weighted by atomic mass is 127. The molecule has 0 amide bonds. The lowest BCUT2D eigenvalue weighted by molar-refractivity contribution is -0.422. The minimum atomic E-state index is -7.48. The van der Waals surface area contributed by atoms with Gasteiger partial charge in [-0.1, -0.05) is 36.4 Å². The summed E-state index contributed by atoms with van der Waals surface area (Å²) in [5.74, 6) is -29.2. The van der Waals surface area contributed by atoms with Gasteiger partial charge in [0.1, 0.15) is 9.53 Å². The van der Waals surface area contributed by atoms with Gasteiger partial charge in [-0.05, 0) is 61.7 Å². The van der Waals surface area contributed by atoms with Crippen LogP contribution in [0.25, 0.3) is 0 Å². The van der Waals surface area contributed by atoms with E-state index in [0.717, 1.165) is 54.7 Å². The molecule has 4 aliphatic rings. The highest BCUT2D eigenvalue weighted by Gasteiger charge is 2.87. The minimum Gasteiger partial charge on any atom is -0.457 e. The van der Waals surface area contributed by atoms with Gasteiger partial charge in [-0.2, -0.15) is 48.3 Å². The number of alkyl halides is 12. The summed E-state index contributed by atoms with van der Waals surface area (Å²) < 4.78 is 150. The quantitative estimate of drug-likeness (QED) is 0.117. The molecule has 0 radical (unpaired) electrons. The first kappa shape index (κ1) is 29.0. The van der Waals surface area contributed by atoms with Crippen molar-refractivity contribution in [3.63, 3.8) is 0 Å². The Morgan fingerprint density at radius 2 is 1.23 bits per heavy atom. The van der Waals surface area contributed by atoms with Crippen molar-refractivity contribution in [2.24, 2.45) is 29.6 Å². The number of hydrogen-bond acceptors (Lipinski definition) is 2. The van der Waals surface area contributed by atoms with Gasteiger partial charge in [-0.25, -0.2) is 0 Å². The molecule has 0 aliphatic heterocycles. The molecule has 0 spiro atoms. The largest absolute Gasteiger partial charge is 0.460 e. The van der Waals surface area contributed by atoms with Crippen LogP contribution < -0.4 is 0 Å². The minimum absolute atomic E-state index is 0.108. The molecule has 0 aromatic heterocycles. The molecule has 0 aromatic carbocycles. The normalized spacial score (nSPS) is 32.8. The fraction of sp³-hybridized carbons (Fsp3) is 0.952. The van der Waals surface area contributed by atoms with E-state index >= 15 is 0 Å². The average Bonchev–Trinajstić information content (AvgIpc) is 2.68. The zero-order valence-corrected chi connectivity index (χ0v) is 20.7. The van der Waals surface area contributed by atoms with Gasteiger partial charge >= 0.3 is 35.8 Å². The lowest BCUT2D eigenvalue weighted by Gasteiger charge is -2.62. The smallest absolute Gasteiger partial charge is 0.457 e. The summed E-state index contributed by atoms with van der Waals surface area (Å²) >= 11 is 0.939. The molecule has 2 nitrogen and oxygen atoms in total. The van der Waals surface area contributed by atoms with E-state index in [2.05, 4.69) is 0 Å². The summed E-state index contributed by atoms with van der Waals surface area (Å²) in [7, 11) is 0. The number of halogens is 12. The van der Waals surface area contributed by atoms with Crippen LogP contribution in [0.5, 0.6) is 0 Å². The van der Waals surface area contributed by atoms with Crippen LogP contribution in [-0.2, 0) is 9.53 Å². The van der Waals surface area contributed by atoms with E-state index in [1.54, 1.807) is 13.8 Å². The molecule has 4 saturated carbocycles. The Hall–Kier alpha value is -0.570. The molecule has 0 heterocycles. The molecule has 204 valence electrons. The third-order valence-electron chi connectivity index (χ3n) is 7.89. The molecule has 0 N–H and O–H groups in total. The lowest BCUT2D eigenvalue weighted by Crippen LogP contribution is -2.67. The molecule has 1 atom stereocenters. The number of hydrogen-bond donors (Lipinski definition) is 0. The maximum absolute atomic E-state index is 14.2. The Balaban J connectivity index is 1.80. The van der Waals surface area contributed by atoms with Crippen molar-refractivity contribution in [3.8, 4) is 0 Å². The fourth-order valence-corrected chi connectivity index (χ4v) is 7.11. The Morgan fingerprint density at radius 3 is 1.60 bits per heavy atom. The van der Waals surface area contributed by atoms with Crippen LogP contribution in [0.15, 0.2) is 0 Å². The maximum atomic E-state index is 14.2. The van der Waals surface area contributed by atoms with Crippen LogP contribution in [-0.4, -0.2) is 45.4 Å². The Kier molecular flexibility index (Phi) is 7.24. The van der Waals surface area contributed by atoms with Crippen LogP contribution in [0.4, 0.5) is 48.3 Å². The highest BCUT2D eigenvalue weighted by Crippen LogP contribution is 2.62. The number of ether oxygens (including phenoxy) is 1. The van der Waals surface area contributed by atoms with E-state index in [0.29, 0.717) is 11.8 Å². The van der Waals surface area contributed by atoms with Gasteiger partial charge in [0.15, 0.2) is 0 Å². The number of rotatable bonds is 8. The van der Waals surface area contributed by atoms with Gasteiger partial charge in [0.05, 0.1) is 0 Å². The predicted molar refractivity (Wildman–Crippen MR) is 109 cm³/mol. The lowest BCUT2D eigenvalue weighted by atomic mass is 9.47. The fourth-order valence-electron chi connectivity index (χ4n) is 6.43. The first-order valence-electron chi connectivity index (χ1n) is 11.1. The molecule has 4 aliphatic carbocycles. The van der Waals surface area contributed by atoms with Gasteiger partial charge < -0.3 is 4.74 Å². The van der Waals surface area contributed by atoms with E-state index in [9.17, 15) is 53.1 Å². The van der Waals surface area contributed by atoms with Crippen molar-refractivity contribution < 1.29 is 57.8 Å². The van der Waals surface area contributed by atoms with Crippen molar-refractivity contribution in [2.45, 2.75) is 91.8 Å². The standard InChI is InChI=1S/C21H24F11IO2/c1-9(2)17(12-4-10-3-11(6-12)7-13(17)5-10)35-15(34)14(33)8-16(22,23)18(24,25)19(26,27)20(28,29)21(30,31)32/h9-14H,3-8H2,1-2H3. The number of carbonyl (C=O) groups excluding carboxylic acids is 1. The zero-order valence-electron chi connectivity index (χ0n) is 18.6. The second-order valence-electron chi connectivity index (χ2n) is 10.3. The maximum Gasteiger partial charge on any atom is 0.460 e. The first-order valence-corrected chi connectivity index (χ1v) is 12.3. The number of esters is 1. The molecule has 1 unspecified atom stereocenters. The van der Waals surface area contributed by atoms with Crippen molar-refractivity contribution >= 4 is 28.6 Å². The summed E-state index contributed by atoms with van der Waals surface area (Å²) in [5.41, 5.74) is -1.08. The molecule has 4 rings (SSSR count). The topological polar surface area (TPSA) is 26.3 Å². The average molecular weight is 644 g/mol. The van der Waals surface area contributed by atoms with E-state index in [-0.39, 0.29) is 17.8 Å². The molecular formula is C21H24F11IO2. The van der Waals surface area contributed by atoms with Crippen LogP contribution in [0.2, 0.25) is 0 Å². The van der Waals surface area contributed by atoms with E-state index in [1.165, 1.54) is 0 Å². The van der Waals surface area contributed by atoms with Gasteiger partial charge in [-0.15, -0.1) is 0 Å². The number of carbonyl (C=O) groups is 1. The Bertz CT molecular complexity index is 797. The Labute approximate surface area is 207 Å². The second kappa shape index (κ2) is 8.74. The molecule has 4 fully saturated rings. The molecule has 0 aromatic rings. The summed E-state index contributed by atoms with van der Waals surface area (Å²) in [6.07, 6.45) is -5.73. The van der Waals surface area contributed by atoms with E-state index in [1.807, 2.05) is 0 Å². The van der Waals surface area contributed by atoms with Crippen LogP contribution in [0.3, 0.4) is 0 Å². The van der Waals surface area contributed by atoms with Gasteiger partial charge in [-0.3, -0.25) is 4.79 Å². The highest BCUT2D eigenvalue weighted by molar-refractivity contribution is 14.1. The monoisotopic (exact) mass is 644 g/mol.